The summed E-state index contributed by atoms with van der Waals surface area (Å²) in [5.41, 5.74) is 0. The zero-order valence-corrected chi connectivity index (χ0v) is 11.0. The molecule has 4 heteroatoms. The molecule has 0 atom stereocenters. The van der Waals surface area contributed by atoms with Gasteiger partial charge >= 0.3 is 6.09 Å². The molecule has 4 nitrogen and oxygen atoms in total. The van der Waals surface area contributed by atoms with E-state index >= 15 is 0 Å². The molecular formula is C14H23NO3. The number of rotatable bonds is 5. The highest BCUT2D eigenvalue weighted by Crippen LogP contribution is 2.27. The summed E-state index contributed by atoms with van der Waals surface area (Å²) in [4.78, 5) is 24.1. The maximum Gasteiger partial charge on any atom is 0.416 e. The molecule has 0 aromatic heterocycles. The maximum absolute atomic E-state index is 11.7. The van der Waals surface area contributed by atoms with Crippen LogP contribution >= 0.6 is 0 Å². The van der Waals surface area contributed by atoms with E-state index in [0.29, 0.717) is 19.6 Å². The minimum atomic E-state index is -0.465. The van der Waals surface area contributed by atoms with Gasteiger partial charge in [-0.15, -0.1) is 0 Å². The number of ether oxygens (including phenoxy) is 1. The number of cyclic esters (lactones) is 1. The lowest BCUT2D eigenvalue weighted by Gasteiger charge is -2.21. The summed E-state index contributed by atoms with van der Waals surface area (Å²) < 4.78 is 4.75. The van der Waals surface area contributed by atoms with Crippen LogP contribution in [0.3, 0.4) is 0 Å². The standard InChI is InChI=1S/C14H23NO3/c16-13(15-10-11-18-14(15)17)9-5-4-8-12-6-2-1-3-7-12/h12H,1-11H2. The first-order chi connectivity index (χ1) is 8.77. The van der Waals surface area contributed by atoms with Crippen molar-refractivity contribution in [3.63, 3.8) is 0 Å². The number of imide groups is 1. The number of carbonyl (C=O) groups excluding carboxylic acids is 2. The summed E-state index contributed by atoms with van der Waals surface area (Å²) in [7, 11) is 0. The van der Waals surface area contributed by atoms with E-state index in [1.54, 1.807) is 0 Å². The number of amides is 2. The monoisotopic (exact) mass is 253 g/mol. The molecule has 0 unspecified atom stereocenters. The predicted molar refractivity (Wildman–Crippen MR) is 68.1 cm³/mol. The van der Waals surface area contributed by atoms with Gasteiger partial charge in [0, 0.05) is 6.42 Å². The van der Waals surface area contributed by atoms with E-state index in [-0.39, 0.29) is 5.91 Å². The minimum absolute atomic E-state index is 0.0684. The Morgan fingerprint density at radius 3 is 2.67 bits per heavy atom. The molecule has 0 spiro atoms. The topological polar surface area (TPSA) is 46.6 Å². The van der Waals surface area contributed by atoms with Crippen LogP contribution in [0.25, 0.3) is 0 Å². The van der Waals surface area contributed by atoms with Crippen molar-refractivity contribution in [3.05, 3.63) is 0 Å². The Morgan fingerprint density at radius 1 is 1.22 bits per heavy atom. The Bertz CT molecular complexity index is 297. The van der Waals surface area contributed by atoms with Gasteiger partial charge in [0.1, 0.15) is 6.61 Å². The fraction of sp³-hybridized carbons (Fsp3) is 0.857. The van der Waals surface area contributed by atoms with E-state index < -0.39 is 6.09 Å². The van der Waals surface area contributed by atoms with Crippen molar-refractivity contribution >= 4 is 12.0 Å². The minimum Gasteiger partial charge on any atom is -0.447 e. The lowest BCUT2D eigenvalue weighted by molar-refractivity contribution is -0.127. The maximum atomic E-state index is 11.7. The molecule has 0 aromatic carbocycles. The molecule has 18 heavy (non-hydrogen) atoms. The zero-order chi connectivity index (χ0) is 12.8. The van der Waals surface area contributed by atoms with Crippen LogP contribution in [0.2, 0.25) is 0 Å². The summed E-state index contributed by atoms with van der Waals surface area (Å²) in [6.07, 6.45) is 10.2. The van der Waals surface area contributed by atoms with E-state index in [2.05, 4.69) is 0 Å². The van der Waals surface area contributed by atoms with E-state index in [0.717, 1.165) is 18.8 Å². The van der Waals surface area contributed by atoms with Crippen molar-refractivity contribution in [3.8, 4) is 0 Å². The van der Waals surface area contributed by atoms with Gasteiger partial charge in [0.05, 0.1) is 6.54 Å². The number of nitrogens with zero attached hydrogens (tertiary/aromatic N) is 1. The number of carbonyl (C=O) groups is 2. The molecule has 102 valence electrons. The van der Waals surface area contributed by atoms with Gasteiger partial charge in [0.15, 0.2) is 0 Å². The van der Waals surface area contributed by atoms with Gasteiger partial charge in [-0.3, -0.25) is 4.79 Å². The molecule has 0 aromatic rings. The molecule has 0 radical (unpaired) electrons. The lowest BCUT2D eigenvalue weighted by Crippen LogP contribution is -2.31. The van der Waals surface area contributed by atoms with E-state index in [4.69, 9.17) is 4.74 Å². The van der Waals surface area contributed by atoms with Crippen molar-refractivity contribution in [1.82, 2.24) is 4.90 Å². The fourth-order valence-electron chi connectivity index (χ4n) is 2.94. The summed E-state index contributed by atoms with van der Waals surface area (Å²) in [5, 5.41) is 0. The van der Waals surface area contributed by atoms with Gasteiger partial charge in [0.25, 0.3) is 0 Å². The van der Waals surface area contributed by atoms with Crippen LogP contribution in [0.15, 0.2) is 0 Å². The number of hydrogen-bond donors (Lipinski definition) is 0. The molecule has 1 aliphatic carbocycles. The lowest BCUT2D eigenvalue weighted by atomic mass is 9.85. The molecular weight excluding hydrogens is 230 g/mol. The van der Waals surface area contributed by atoms with Crippen LogP contribution < -0.4 is 0 Å². The Morgan fingerprint density at radius 2 is 2.00 bits per heavy atom. The second-order valence-electron chi connectivity index (χ2n) is 5.41. The molecule has 1 saturated carbocycles. The highest BCUT2D eigenvalue weighted by Gasteiger charge is 2.27. The van der Waals surface area contributed by atoms with Gasteiger partial charge < -0.3 is 4.74 Å². The van der Waals surface area contributed by atoms with Gasteiger partial charge in [-0.05, 0) is 12.3 Å². The molecule has 2 amide bonds. The van der Waals surface area contributed by atoms with E-state index in [1.165, 1.54) is 43.4 Å². The largest absolute Gasteiger partial charge is 0.447 e. The molecule has 1 saturated heterocycles. The van der Waals surface area contributed by atoms with Gasteiger partial charge in [-0.1, -0.05) is 44.9 Å². The van der Waals surface area contributed by atoms with E-state index in [9.17, 15) is 9.59 Å². The van der Waals surface area contributed by atoms with Crippen molar-refractivity contribution < 1.29 is 14.3 Å². The summed E-state index contributed by atoms with van der Waals surface area (Å²) >= 11 is 0. The Balaban J connectivity index is 1.57. The molecule has 0 bridgehead atoms. The second kappa shape index (κ2) is 6.76. The summed E-state index contributed by atoms with van der Waals surface area (Å²) in [6.45, 7) is 0.785. The van der Waals surface area contributed by atoms with Crippen molar-refractivity contribution in [1.29, 1.82) is 0 Å². The quantitative estimate of drug-likeness (QED) is 0.707. The SMILES string of the molecule is O=C(CCCCC1CCCCC1)N1CCOC1=O. The molecule has 1 heterocycles. The normalized spacial score (nSPS) is 21.1. The summed E-state index contributed by atoms with van der Waals surface area (Å²) in [6, 6.07) is 0. The van der Waals surface area contributed by atoms with Crippen LogP contribution in [0.1, 0.15) is 57.8 Å². The van der Waals surface area contributed by atoms with Gasteiger partial charge in [0.2, 0.25) is 5.91 Å². The Hall–Kier alpha value is -1.06. The van der Waals surface area contributed by atoms with Crippen LogP contribution in [0, 0.1) is 5.92 Å². The Labute approximate surface area is 109 Å². The third-order valence-corrected chi connectivity index (χ3v) is 4.04. The highest BCUT2D eigenvalue weighted by molar-refractivity contribution is 5.92. The van der Waals surface area contributed by atoms with E-state index in [1.807, 2.05) is 0 Å². The van der Waals surface area contributed by atoms with Crippen LogP contribution in [-0.2, 0) is 9.53 Å². The first kappa shape index (κ1) is 13.4. The third-order valence-electron chi connectivity index (χ3n) is 4.04. The number of unbranched alkanes of at least 4 members (excludes halogenated alkanes) is 1. The van der Waals surface area contributed by atoms with Gasteiger partial charge in [-0.2, -0.15) is 0 Å². The zero-order valence-electron chi connectivity index (χ0n) is 11.0. The molecule has 1 aliphatic heterocycles. The molecule has 2 rings (SSSR count). The van der Waals surface area contributed by atoms with Crippen LogP contribution in [0.4, 0.5) is 4.79 Å². The first-order valence-corrected chi connectivity index (χ1v) is 7.24. The number of hydrogen-bond acceptors (Lipinski definition) is 3. The predicted octanol–water partition coefficient (Wildman–Crippen LogP) is 3.11. The molecule has 2 fully saturated rings. The van der Waals surface area contributed by atoms with Crippen molar-refractivity contribution in [2.75, 3.05) is 13.2 Å². The van der Waals surface area contributed by atoms with Crippen molar-refractivity contribution in [2.45, 2.75) is 57.8 Å². The highest BCUT2D eigenvalue weighted by atomic mass is 16.6. The third kappa shape index (κ3) is 3.72. The molecule has 0 N–H and O–H groups in total. The van der Waals surface area contributed by atoms with Gasteiger partial charge in [-0.25, -0.2) is 9.69 Å². The van der Waals surface area contributed by atoms with Crippen molar-refractivity contribution in [2.24, 2.45) is 5.92 Å². The average Bonchev–Trinajstić information content (AvgIpc) is 2.82. The first-order valence-electron chi connectivity index (χ1n) is 7.24. The summed E-state index contributed by atoms with van der Waals surface area (Å²) in [5.74, 6) is 0.812. The average molecular weight is 253 g/mol. The van der Waals surface area contributed by atoms with Crippen LogP contribution in [0.5, 0.6) is 0 Å². The molecule has 2 aliphatic rings. The fourth-order valence-corrected chi connectivity index (χ4v) is 2.94. The Kier molecular flexibility index (Phi) is 5.02. The van der Waals surface area contributed by atoms with Crippen LogP contribution in [-0.4, -0.2) is 30.1 Å². The smallest absolute Gasteiger partial charge is 0.416 e. The second-order valence-corrected chi connectivity index (χ2v) is 5.41.